The van der Waals surface area contributed by atoms with Gasteiger partial charge in [0.15, 0.2) is 0 Å². The van der Waals surface area contributed by atoms with Crippen LogP contribution < -0.4 is 4.72 Å². The fourth-order valence-corrected chi connectivity index (χ4v) is 4.63. The van der Waals surface area contributed by atoms with Crippen LogP contribution in [0.5, 0.6) is 0 Å². The zero-order valence-corrected chi connectivity index (χ0v) is 19.7. The van der Waals surface area contributed by atoms with E-state index in [2.05, 4.69) is 41.4 Å². The Bertz CT molecular complexity index is 852. The van der Waals surface area contributed by atoms with Crippen LogP contribution in [0.15, 0.2) is 28.9 Å². The molecule has 154 valence electrons. The van der Waals surface area contributed by atoms with Gasteiger partial charge >= 0.3 is 0 Å². The van der Waals surface area contributed by atoms with Gasteiger partial charge in [0.25, 0.3) is 0 Å². The highest BCUT2D eigenvalue weighted by atomic mass is 79.9. The number of nitrogens with zero attached hydrogens (tertiary/aromatic N) is 2. The molecular formula is C21H29BrFN3OS. The van der Waals surface area contributed by atoms with Crippen molar-refractivity contribution >= 4 is 27.3 Å². The third-order valence-corrected chi connectivity index (χ3v) is 7.07. The van der Waals surface area contributed by atoms with Gasteiger partial charge in [0.1, 0.15) is 10.6 Å². The molecule has 0 spiro atoms. The van der Waals surface area contributed by atoms with Crippen LogP contribution in [0.1, 0.15) is 66.0 Å². The Kier molecular flexibility index (Phi) is 6.03. The summed E-state index contributed by atoms with van der Waals surface area (Å²) in [4.78, 5) is 0. The van der Waals surface area contributed by atoms with Gasteiger partial charge in [-0.1, -0.05) is 0 Å². The van der Waals surface area contributed by atoms with Crippen molar-refractivity contribution in [3.8, 4) is 11.3 Å². The Morgan fingerprint density at radius 2 is 1.89 bits per heavy atom. The van der Waals surface area contributed by atoms with Gasteiger partial charge in [-0.2, -0.15) is 5.10 Å². The maximum Gasteiger partial charge on any atom is 0.136 e. The standard InChI is InChI=1S/C21H29BrFN3OS/c1-20(2,3)26-19(15-10-9-14(23)11-17(15)22)16(12-24-26)18(13-7-8-13)25-28(27)21(4,5)6/h9-13,18,25H,7-8H2,1-6H3. The van der Waals surface area contributed by atoms with E-state index in [0.29, 0.717) is 10.4 Å². The topological polar surface area (TPSA) is 52.9 Å². The molecule has 1 heterocycles. The van der Waals surface area contributed by atoms with Crippen molar-refractivity contribution in [2.45, 2.75) is 70.7 Å². The van der Waals surface area contributed by atoms with E-state index in [1.54, 1.807) is 6.07 Å². The number of hydrogen-bond acceptors (Lipinski definition) is 3. The Balaban J connectivity index is 2.13. The summed E-state index contributed by atoms with van der Waals surface area (Å²) in [5.74, 6) is 0.145. The zero-order valence-electron chi connectivity index (χ0n) is 17.3. The summed E-state index contributed by atoms with van der Waals surface area (Å²) in [5.41, 5.74) is 2.59. The van der Waals surface area contributed by atoms with E-state index in [9.17, 15) is 8.94 Å². The van der Waals surface area contributed by atoms with E-state index in [1.807, 2.05) is 31.6 Å². The third-order valence-electron chi connectivity index (χ3n) is 4.84. The number of rotatable bonds is 5. The number of benzene rings is 1. The highest BCUT2D eigenvalue weighted by Crippen LogP contribution is 2.46. The molecule has 3 rings (SSSR count). The van der Waals surface area contributed by atoms with E-state index in [0.717, 1.165) is 29.7 Å². The first-order valence-electron chi connectivity index (χ1n) is 9.61. The Hall–Kier alpha value is -0.890. The fraction of sp³-hybridized carbons (Fsp3) is 0.571. The molecule has 1 fully saturated rings. The minimum absolute atomic E-state index is 0.0527. The number of nitrogens with one attached hydrogen (secondary N) is 1. The number of aromatic nitrogens is 2. The van der Waals surface area contributed by atoms with Gasteiger partial charge in [0.2, 0.25) is 0 Å². The van der Waals surface area contributed by atoms with E-state index >= 15 is 0 Å². The first-order valence-corrected chi connectivity index (χ1v) is 11.6. The second-order valence-corrected chi connectivity index (χ2v) is 12.3. The van der Waals surface area contributed by atoms with Gasteiger partial charge in [0.05, 0.1) is 23.5 Å². The molecule has 1 aliphatic carbocycles. The largest absolute Gasteiger partial charge is 0.598 e. The van der Waals surface area contributed by atoms with E-state index < -0.39 is 11.4 Å². The molecule has 1 saturated carbocycles. The molecule has 28 heavy (non-hydrogen) atoms. The lowest BCUT2D eigenvalue weighted by molar-refractivity contribution is 0.359. The Labute approximate surface area is 178 Å². The average Bonchev–Trinajstić information content (AvgIpc) is 3.29. The molecule has 1 N–H and O–H groups in total. The molecule has 0 aliphatic heterocycles. The molecular weight excluding hydrogens is 441 g/mol. The van der Waals surface area contributed by atoms with Crippen molar-refractivity contribution in [1.82, 2.24) is 14.5 Å². The summed E-state index contributed by atoms with van der Waals surface area (Å²) in [6, 6.07) is 4.68. The highest BCUT2D eigenvalue weighted by molar-refractivity contribution is 9.10. The smallest absolute Gasteiger partial charge is 0.136 e. The van der Waals surface area contributed by atoms with Crippen LogP contribution in [0.25, 0.3) is 11.3 Å². The molecule has 2 aromatic rings. The molecule has 7 heteroatoms. The van der Waals surface area contributed by atoms with Gasteiger partial charge in [-0.05, 0) is 94.4 Å². The molecule has 1 aromatic carbocycles. The summed E-state index contributed by atoms with van der Waals surface area (Å²) in [6.07, 6.45) is 4.08. The maximum absolute atomic E-state index is 13.7. The summed E-state index contributed by atoms with van der Waals surface area (Å²) in [7, 11) is 0. The molecule has 0 bridgehead atoms. The summed E-state index contributed by atoms with van der Waals surface area (Å²) in [5, 5.41) is 4.69. The molecule has 1 aliphatic rings. The van der Waals surface area contributed by atoms with Gasteiger partial charge in [-0.3, -0.25) is 4.68 Å². The molecule has 1 aromatic heterocycles. The first kappa shape index (κ1) is 21.8. The second-order valence-electron chi connectivity index (χ2n) is 9.47. The van der Waals surface area contributed by atoms with E-state index in [1.165, 1.54) is 12.1 Å². The van der Waals surface area contributed by atoms with Crippen LogP contribution in [0.3, 0.4) is 0 Å². The summed E-state index contributed by atoms with van der Waals surface area (Å²) >= 11 is 2.33. The van der Waals surface area contributed by atoms with Crippen molar-refractivity contribution < 1.29 is 8.94 Å². The molecule has 0 radical (unpaired) electrons. The predicted molar refractivity (Wildman–Crippen MR) is 117 cm³/mol. The Morgan fingerprint density at radius 1 is 1.25 bits per heavy atom. The van der Waals surface area contributed by atoms with Crippen LogP contribution in [0.4, 0.5) is 4.39 Å². The predicted octanol–water partition coefficient (Wildman–Crippen LogP) is 5.71. The fourth-order valence-electron chi connectivity index (χ4n) is 3.18. The summed E-state index contributed by atoms with van der Waals surface area (Å²) < 4.78 is 32.3. The molecule has 0 amide bonds. The molecule has 2 unspecified atom stereocenters. The second kappa shape index (κ2) is 7.74. The highest BCUT2D eigenvalue weighted by Gasteiger charge is 2.41. The van der Waals surface area contributed by atoms with Crippen LogP contribution in [0, 0.1) is 11.7 Å². The van der Waals surface area contributed by atoms with Crippen molar-refractivity contribution in [2.24, 2.45) is 5.92 Å². The average molecular weight is 470 g/mol. The van der Waals surface area contributed by atoms with E-state index in [-0.39, 0.29) is 22.1 Å². The van der Waals surface area contributed by atoms with Crippen LogP contribution in [-0.4, -0.2) is 19.1 Å². The van der Waals surface area contributed by atoms with Crippen LogP contribution in [0.2, 0.25) is 0 Å². The number of hydrogen-bond donors (Lipinski definition) is 1. The minimum Gasteiger partial charge on any atom is -0.598 e. The first-order chi connectivity index (χ1) is 12.9. The normalized spacial score (nSPS) is 17.6. The van der Waals surface area contributed by atoms with Crippen molar-refractivity contribution in [3.63, 3.8) is 0 Å². The molecule has 0 saturated heterocycles. The van der Waals surface area contributed by atoms with Crippen molar-refractivity contribution in [1.29, 1.82) is 0 Å². The molecule has 4 nitrogen and oxygen atoms in total. The van der Waals surface area contributed by atoms with Gasteiger partial charge < -0.3 is 4.55 Å². The van der Waals surface area contributed by atoms with Crippen LogP contribution >= 0.6 is 15.9 Å². The van der Waals surface area contributed by atoms with Crippen LogP contribution in [-0.2, 0) is 16.9 Å². The quantitative estimate of drug-likeness (QED) is 0.570. The van der Waals surface area contributed by atoms with Gasteiger partial charge in [-0.15, -0.1) is 4.72 Å². The monoisotopic (exact) mass is 469 g/mol. The lowest BCUT2D eigenvalue weighted by atomic mass is 9.98. The Morgan fingerprint density at radius 3 is 2.39 bits per heavy atom. The minimum atomic E-state index is -1.19. The zero-order chi connectivity index (χ0) is 20.9. The van der Waals surface area contributed by atoms with Crippen molar-refractivity contribution in [2.75, 3.05) is 0 Å². The SMILES string of the molecule is CC(C)(C)n1ncc(C(N[S+]([O-])C(C)(C)C)C2CC2)c1-c1ccc(F)cc1Br. The van der Waals surface area contributed by atoms with Gasteiger partial charge in [0, 0.05) is 27.0 Å². The maximum atomic E-state index is 13.7. The number of halogens is 2. The lowest BCUT2D eigenvalue weighted by Gasteiger charge is -2.29. The van der Waals surface area contributed by atoms with E-state index in [4.69, 9.17) is 5.10 Å². The summed E-state index contributed by atoms with van der Waals surface area (Å²) in [6.45, 7) is 12.2. The third kappa shape index (κ3) is 4.64. The lowest BCUT2D eigenvalue weighted by Crippen LogP contribution is -2.42. The molecule has 2 atom stereocenters. The van der Waals surface area contributed by atoms with Gasteiger partial charge in [-0.25, -0.2) is 4.39 Å². The van der Waals surface area contributed by atoms with Crippen molar-refractivity contribution in [3.05, 3.63) is 40.2 Å².